The first-order valence-corrected chi connectivity index (χ1v) is 7.82. The highest BCUT2D eigenvalue weighted by atomic mass is 32.1. The zero-order valence-electron chi connectivity index (χ0n) is 11.8. The maximum atomic E-state index is 4.35. The Bertz CT molecular complexity index is 362. The van der Waals surface area contributed by atoms with E-state index in [0.29, 0.717) is 6.04 Å². The van der Waals surface area contributed by atoms with Gasteiger partial charge in [0, 0.05) is 30.2 Å². The molecule has 0 spiro atoms. The summed E-state index contributed by atoms with van der Waals surface area (Å²) in [4.78, 5) is 8.33. The van der Waals surface area contributed by atoms with E-state index in [1.807, 2.05) is 17.5 Å². The molecule has 0 aromatic carbocycles. The minimum atomic E-state index is 0.654. The third-order valence-corrected chi connectivity index (χ3v) is 4.26. The van der Waals surface area contributed by atoms with Gasteiger partial charge >= 0.3 is 0 Å². The highest BCUT2D eigenvalue weighted by Crippen LogP contribution is 2.16. The number of nitrogens with one attached hydrogen (secondary N) is 1. The number of hydrogen-bond acceptors (Lipinski definition) is 4. The van der Waals surface area contributed by atoms with Crippen molar-refractivity contribution in [2.45, 2.75) is 46.2 Å². The maximum absolute atomic E-state index is 4.35. The normalized spacial score (nSPS) is 22.3. The quantitative estimate of drug-likeness (QED) is 0.909. The van der Waals surface area contributed by atoms with Gasteiger partial charge in [-0.1, -0.05) is 13.8 Å². The van der Waals surface area contributed by atoms with Crippen LogP contribution >= 0.6 is 11.3 Å². The maximum Gasteiger partial charge on any atom is 0.0897 e. The van der Waals surface area contributed by atoms with Crippen molar-refractivity contribution in [1.82, 2.24) is 15.2 Å². The SMILES string of the molecule is Cc1ncc(CN2CCCNC(CC(C)C)C2)s1. The van der Waals surface area contributed by atoms with Crippen LogP contribution in [0.25, 0.3) is 0 Å². The van der Waals surface area contributed by atoms with Crippen molar-refractivity contribution < 1.29 is 0 Å². The summed E-state index contributed by atoms with van der Waals surface area (Å²) in [7, 11) is 0. The molecule has 2 rings (SSSR count). The molecule has 3 nitrogen and oxygen atoms in total. The summed E-state index contributed by atoms with van der Waals surface area (Å²) >= 11 is 1.83. The van der Waals surface area contributed by atoms with Gasteiger partial charge in [0.1, 0.15) is 0 Å². The summed E-state index contributed by atoms with van der Waals surface area (Å²) in [5.41, 5.74) is 0. The standard InChI is InChI=1S/C14H25N3S/c1-11(2)7-13-9-17(6-4-5-15-13)10-14-8-16-12(3)18-14/h8,11,13,15H,4-7,9-10H2,1-3H3. The first-order valence-electron chi connectivity index (χ1n) is 7.00. The van der Waals surface area contributed by atoms with Crippen molar-refractivity contribution in [1.29, 1.82) is 0 Å². The Hall–Kier alpha value is -0.450. The van der Waals surface area contributed by atoms with E-state index in [9.17, 15) is 0 Å². The van der Waals surface area contributed by atoms with Crippen molar-refractivity contribution in [2.24, 2.45) is 5.92 Å². The molecule has 2 heterocycles. The third kappa shape index (κ3) is 4.34. The molecule has 1 aromatic heterocycles. The minimum absolute atomic E-state index is 0.654. The Morgan fingerprint density at radius 2 is 2.39 bits per heavy atom. The lowest BCUT2D eigenvalue weighted by molar-refractivity contribution is 0.249. The van der Waals surface area contributed by atoms with Crippen LogP contribution < -0.4 is 5.32 Å². The summed E-state index contributed by atoms with van der Waals surface area (Å²) in [5.74, 6) is 0.771. The van der Waals surface area contributed by atoms with Gasteiger partial charge in [0.05, 0.1) is 5.01 Å². The van der Waals surface area contributed by atoms with Crippen molar-refractivity contribution in [3.63, 3.8) is 0 Å². The van der Waals surface area contributed by atoms with E-state index in [1.54, 1.807) is 0 Å². The van der Waals surface area contributed by atoms with Crippen LogP contribution in [0.3, 0.4) is 0 Å². The second-order valence-corrected chi connectivity index (χ2v) is 7.03. The Labute approximate surface area is 115 Å². The largest absolute Gasteiger partial charge is 0.313 e. The zero-order chi connectivity index (χ0) is 13.0. The molecule has 1 N–H and O–H groups in total. The average Bonchev–Trinajstić information content (AvgIpc) is 2.56. The van der Waals surface area contributed by atoms with Crippen LogP contribution in [-0.2, 0) is 6.54 Å². The van der Waals surface area contributed by atoms with Gasteiger partial charge in [-0.3, -0.25) is 4.90 Å². The van der Waals surface area contributed by atoms with Crippen LogP contribution in [0.4, 0.5) is 0 Å². The van der Waals surface area contributed by atoms with Crippen LogP contribution in [0.1, 0.15) is 36.6 Å². The summed E-state index contributed by atoms with van der Waals surface area (Å²) in [5, 5.41) is 4.86. The first kappa shape index (κ1) is 14.0. The van der Waals surface area contributed by atoms with Crippen LogP contribution in [0.2, 0.25) is 0 Å². The third-order valence-electron chi connectivity index (χ3n) is 3.37. The minimum Gasteiger partial charge on any atom is -0.313 e. The van der Waals surface area contributed by atoms with Crippen molar-refractivity contribution in [3.05, 3.63) is 16.1 Å². The highest BCUT2D eigenvalue weighted by molar-refractivity contribution is 7.11. The van der Waals surface area contributed by atoms with E-state index in [4.69, 9.17) is 0 Å². The molecule has 1 unspecified atom stereocenters. The van der Waals surface area contributed by atoms with E-state index in [0.717, 1.165) is 19.0 Å². The predicted octanol–water partition coefficient (Wildman–Crippen LogP) is 2.66. The van der Waals surface area contributed by atoms with E-state index in [1.165, 1.54) is 35.8 Å². The predicted molar refractivity (Wildman–Crippen MR) is 78.0 cm³/mol. The zero-order valence-corrected chi connectivity index (χ0v) is 12.6. The Morgan fingerprint density at radius 1 is 1.56 bits per heavy atom. The van der Waals surface area contributed by atoms with Gasteiger partial charge in [-0.05, 0) is 38.8 Å². The van der Waals surface area contributed by atoms with Gasteiger partial charge in [-0.2, -0.15) is 0 Å². The number of aromatic nitrogens is 1. The van der Waals surface area contributed by atoms with E-state index >= 15 is 0 Å². The molecule has 0 aliphatic carbocycles. The monoisotopic (exact) mass is 267 g/mol. The highest BCUT2D eigenvalue weighted by Gasteiger charge is 2.19. The average molecular weight is 267 g/mol. The summed E-state index contributed by atoms with van der Waals surface area (Å²) < 4.78 is 0. The van der Waals surface area contributed by atoms with Gasteiger partial charge < -0.3 is 5.32 Å². The molecular weight excluding hydrogens is 242 g/mol. The van der Waals surface area contributed by atoms with E-state index in [2.05, 4.69) is 36.0 Å². The van der Waals surface area contributed by atoms with Gasteiger partial charge in [0.15, 0.2) is 0 Å². The molecule has 0 saturated carbocycles. The lowest BCUT2D eigenvalue weighted by Crippen LogP contribution is -2.38. The topological polar surface area (TPSA) is 28.2 Å². The van der Waals surface area contributed by atoms with Crippen LogP contribution in [0.15, 0.2) is 6.20 Å². The fourth-order valence-corrected chi connectivity index (χ4v) is 3.48. The van der Waals surface area contributed by atoms with Crippen LogP contribution in [-0.4, -0.2) is 35.6 Å². The molecule has 1 aliphatic heterocycles. The number of rotatable bonds is 4. The molecule has 0 amide bonds. The van der Waals surface area contributed by atoms with Crippen molar-refractivity contribution in [2.75, 3.05) is 19.6 Å². The van der Waals surface area contributed by atoms with Crippen LogP contribution in [0, 0.1) is 12.8 Å². The Kier molecular flexibility index (Phi) is 5.15. The lowest BCUT2D eigenvalue weighted by Gasteiger charge is -2.24. The molecule has 102 valence electrons. The smallest absolute Gasteiger partial charge is 0.0897 e. The summed E-state index contributed by atoms with van der Waals surface area (Å²) in [6, 6.07) is 0.654. The second-order valence-electron chi connectivity index (χ2n) is 5.71. The van der Waals surface area contributed by atoms with Gasteiger partial charge in [0.2, 0.25) is 0 Å². The Balaban J connectivity index is 1.90. The fourth-order valence-electron chi connectivity index (χ4n) is 2.65. The summed E-state index contributed by atoms with van der Waals surface area (Å²) in [6.07, 6.45) is 4.57. The summed E-state index contributed by atoms with van der Waals surface area (Å²) in [6.45, 7) is 11.3. The molecule has 0 bridgehead atoms. The Morgan fingerprint density at radius 3 is 3.06 bits per heavy atom. The number of thiazole rings is 1. The van der Waals surface area contributed by atoms with Gasteiger partial charge in [-0.25, -0.2) is 4.98 Å². The van der Waals surface area contributed by atoms with E-state index in [-0.39, 0.29) is 0 Å². The van der Waals surface area contributed by atoms with Crippen LogP contribution in [0.5, 0.6) is 0 Å². The molecule has 4 heteroatoms. The molecule has 1 fully saturated rings. The molecule has 1 saturated heterocycles. The second kappa shape index (κ2) is 6.64. The van der Waals surface area contributed by atoms with Gasteiger partial charge in [-0.15, -0.1) is 11.3 Å². The van der Waals surface area contributed by atoms with Crippen molar-refractivity contribution >= 4 is 11.3 Å². The molecule has 0 radical (unpaired) electrons. The number of nitrogens with zero attached hydrogens (tertiary/aromatic N) is 2. The van der Waals surface area contributed by atoms with Crippen molar-refractivity contribution in [3.8, 4) is 0 Å². The number of aryl methyl sites for hydroxylation is 1. The molecule has 1 atom stereocenters. The lowest BCUT2D eigenvalue weighted by atomic mass is 10.0. The van der Waals surface area contributed by atoms with E-state index < -0.39 is 0 Å². The first-order chi connectivity index (χ1) is 8.63. The molecule has 1 aromatic rings. The fraction of sp³-hybridized carbons (Fsp3) is 0.786. The molecule has 1 aliphatic rings. The van der Waals surface area contributed by atoms with Gasteiger partial charge in [0.25, 0.3) is 0 Å². The number of hydrogen-bond donors (Lipinski definition) is 1. The molecular formula is C14H25N3S. The molecule has 18 heavy (non-hydrogen) atoms.